The van der Waals surface area contributed by atoms with E-state index >= 15 is 0 Å². The van der Waals surface area contributed by atoms with Crippen LogP contribution in [0, 0.1) is 0 Å². The molecule has 2 rings (SSSR count). The average Bonchev–Trinajstić information content (AvgIpc) is 2.86. The van der Waals surface area contributed by atoms with Gasteiger partial charge in [-0.25, -0.2) is 0 Å². The van der Waals surface area contributed by atoms with Gasteiger partial charge in [-0.15, -0.1) is 0 Å². The van der Waals surface area contributed by atoms with E-state index in [0.717, 1.165) is 18.2 Å². The molecule has 1 fully saturated rings. The second-order valence-electron chi connectivity index (χ2n) is 4.24. The van der Waals surface area contributed by atoms with Gasteiger partial charge in [0.1, 0.15) is 5.75 Å². The summed E-state index contributed by atoms with van der Waals surface area (Å²) >= 11 is 0. The fraction of sp³-hybridized carbons (Fsp3) is 0.455. The van der Waals surface area contributed by atoms with Crippen LogP contribution in [0.5, 0.6) is 5.75 Å². The molecule has 0 bridgehead atoms. The number of benzene rings is 1. The van der Waals surface area contributed by atoms with E-state index in [1.165, 1.54) is 0 Å². The molecule has 0 atom stereocenters. The molecule has 0 radical (unpaired) electrons. The van der Waals surface area contributed by atoms with E-state index in [0.29, 0.717) is 12.8 Å². The fourth-order valence-corrected chi connectivity index (χ4v) is 1.58. The zero-order valence-electron chi connectivity index (χ0n) is 8.38. The van der Waals surface area contributed by atoms with E-state index in [1.54, 1.807) is 0 Å². The predicted molar refractivity (Wildman–Crippen MR) is 51.0 cm³/mol. The zero-order chi connectivity index (χ0) is 12.0. The number of rotatable bonds is 2. The van der Waals surface area contributed by atoms with Crippen LogP contribution in [0.4, 0.5) is 13.2 Å². The second-order valence-corrected chi connectivity index (χ2v) is 4.24. The van der Waals surface area contributed by atoms with Crippen molar-refractivity contribution in [2.75, 3.05) is 0 Å². The molecular formula is C11H11F3O2. The van der Waals surface area contributed by atoms with E-state index in [4.69, 9.17) is 0 Å². The lowest BCUT2D eigenvalue weighted by Gasteiger charge is -2.12. The van der Waals surface area contributed by atoms with Gasteiger partial charge in [0, 0.05) is 6.42 Å². The SMILES string of the molecule is Oc1ccc(C(F)(F)F)cc1CC1(O)CC1. The number of halogens is 3. The van der Waals surface area contributed by atoms with Crippen molar-refractivity contribution in [3.05, 3.63) is 29.3 Å². The lowest BCUT2D eigenvalue weighted by Crippen LogP contribution is -2.12. The van der Waals surface area contributed by atoms with Crippen molar-refractivity contribution in [3.63, 3.8) is 0 Å². The molecule has 0 aromatic heterocycles. The molecule has 1 aromatic carbocycles. The first-order valence-electron chi connectivity index (χ1n) is 4.92. The van der Waals surface area contributed by atoms with E-state index in [9.17, 15) is 23.4 Å². The van der Waals surface area contributed by atoms with Gasteiger partial charge in [-0.2, -0.15) is 13.2 Å². The van der Waals surface area contributed by atoms with E-state index in [2.05, 4.69) is 0 Å². The van der Waals surface area contributed by atoms with Crippen molar-refractivity contribution >= 4 is 0 Å². The molecule has 0 saturated heterocycles. The van der Waals surface area contributed by atoms with Gasteiger partial charge in [-0.1, -0.05) is 0 Å². The Morgan fingerprint density at radius 2 is 1.88 bits per heavy atom. The van der Waals surface area contributed by atoms with Gasteiger partial charge in [-0.05, 0) is 36.6 Å². The molecular weight excluding hydrogens is 221 g/mol. The maximum absolute atomic E-state index is 12.4. The summed E-state index contributed by atoms with van der Waals surface area (Å²) in [5.41, 5.74) is -1.57. The minimum Gasteiger partial charge on any atom is -0.508 e. The van der Waals surface area contributed by atoms with E-state index < -0.39 is 17.3 Å². The Hall–Kier alpha value is -1.23. The first kappa shape index (κ1) is 11.3. The zero-order valence-corrected chi connectivity index (χ0v) is 8.38. The summed E-state index contributed by atoms with van der Waals surface area (Å²) in [5, 5.41) is 19.0. The molecule has 2 nitrogen and oxygen atoms in total. The first-order chi connectivity index (χ1) is 7.30. The molecule has 1 saturated carbocycles. The molecule has 0 amide bonds. The molecule has 1 aliphatic rings. The molecule has 5 heteroatoms. The minimum absolute atomic E-state index is 0.0722. The number of hydrogen-bond acceptors (Lipinski definition) is 2. The smallest absolute Gasteiger partial charge is 0.416 e. The largest absolute Gasteiger partial charge is 0.508 e. The lowest BCUT2D eigenvalue weighted by molar-refractivity contribution is -0.137. The Balaban J connectivity index is 2.29. The van der Waals surface area contributed by atoms with Crippen LogP contribution in [0.15, 0.2) is 18.2 Å². The highest BCUT2D eigenvalue weighted by Crippen LogP contribution is 2.41. The third-order valence-electron chi connectivity index (χ3n) is 2.75. The van der Waals surface area contributed by atoms with Crippen LogP contribution in [0.1, 0.15) is 24.0 Å². The van der Waals surface area contributed by atoms with Gasteiger partial charge < -0.3 is 10.2 Å². The van der Waals surface area contributed by atoms with Crippen molar-refractivity contribution in [3.8, 4) is 5.75 Å². The highest BCUT2D eigenvalue weighted by Gasteiger charge is 2.41. The number of phenolic OH excluding ortho intramolecular Hbond substituents is 1. The second kappa shape index (κ2) is 3.38. The van der Waals surface area contributed by atoms with E-state index in [1.807, 2.05) is 0 Å². The van der Waals surface area contributed by atoms with Crippen molar-refractivity contribution in [1.29, 1.82) is 0 Å². The quantitative estimate of drug-likeness (QED) is 0.822. The molecule has 0 heterocycles. The summed E-state index contributed by atoms with van der Waals surface area (Å²) in [5.74, 6) is -0.201. The molecule has 0 spiro atoms. The van der Waals surface area contributed by atoms with Crippen LogP contribution in [-0.2, 0) is 12.6 Å². The summed E-state index contributed by atoms with van der Waals surface area (Å²) in [6, 6.07) is 2.74. The number of alkyl halides is 3. The summed E-state index contributed by atoms with van der Waals surface area (Å²) in [6.07, 6.45) is -3.21. The topological polar surface area (TPSA) is 40.5 Å². The highest BCUT2D eigenvalue weighted by molar-refractivity contribution is 5.38. The Morgan fingerprint density at radius 3 is 2.38 bits per heavy atom. The third-order valence-corrected chi connectivity index (χ3v) is 2.75. The molecule has 16 heavy (non-hydrogen) atoms. The molecule has 0 unspecified atom stereocenters. The monoisotopic (exact) mass is 232 g/mol. The molecule has 1 aromatic rings. The van der Waals surface area contributed by atoms with Crippen LogP contribution in [0.25, 0.3) is 0 Å². The number of hydrogen-bond donors (Lipinski definition) is 2. The normalized spacial score (nSPS) is 18.5. The lowest BCUT2D eigenvalue weighted by atomic mass is 10.0. The van der Waals surface area contributed by atoms with Crippen LogP contribution in [-0.4, -0.2) is 15.8 Å². The van der Waals surface area contributed by atoms with Gasteiger partial charge in [0.25, 0.3) is 0 Å². The summed E-state index contributed by atoms with van der Waals surface area (Å²) in [6.45, 7) is 0. The van der Waals surface area contributed by atoms with E-state index in [-0.39, 0.29) is 17.7 Å². The van der Waals surface area contributed by atoms with Gasteiger partial charge in [0.15, 0.2) is 0 Å². The van der Waals surface area contributed by atoms with Crippen molar-refractivity contribution in [1.82, 2.24) is 0 Å². The summed E-state index contributed by atoms with van der Waals surface area (Å²) in [4.78, 5) is 0. The van der Waals surface area contributed by atoms with Crippen LogP contribution < -0.4 is 0 Å². The molecule has 1 aliphatic carbocycles. The third kappa shape index (κ3) is 2.29. The standard InChI is InChI=1S/C11H11F3O2/c12-11(13,14)8-1-2-9(15)7(5-8)6-10(16)3-4-10/h1-2,5,15-16H,3-4,6H2. The maximum Gasteiger partial charge on any atom is 0.416 e. The maximum atomic E-state index is 12.4. The predicted octanol–water partition coefficient (Wildman–Crippen LogP) is 2.48. The Labute approximate surface area is 90.3 Å². The summed E-state index contributed by atoms with van der Waals surface area (Å²) < 4.78 is 37.2. The molecule has 88 valence electrons. The van der Waals surface area contributed by atoms with Crippen LogP contribution in [0.2, 0.25) is 0 Å². The number of aliphatic hydroxyl groups is 1. The Morgan fingerprint density at radius 1 is 1.25 bits per heavy atom. The van der Waals surface area contributed by atoms with Crippen molar-refractivity contribution in [2.24, 2.45) is 0 Å². The van der Waals surface area contributed by atoms with Crippen molar-refractivity contribution < 1.29 is 23.4 Å². The first-order valence-corrected chi connectivity index (χ1v) is 4.92. The molecule has 2 N–H and O–H groups in total. The average molecular weight is 232 g/mol. The van der Waals surface area contributed by atoms with Crippen LogP contribution >= 0.6 is 0 Å². The highest BCUT2D eigenvalue weighted by atomic mass is 19.4. The number of phenols is 1. The van der Waals surface area contributed by atoms with Gasteiger partial charge in [-0.3, -0.25) is 0 Å². The van der Waals surface area contributed by atoms with Crippen LogP contribution in [0.3, 0.4) is 0 Å². The van der Waals surface area contributed by atoms with Crippen molar-refractivity contribution in [2.45, 2.75) is 31.0 Å². The fourth-order valence-electron chi connectivity index (χ4n) is 1.58. The van der Waals surface area contributed by atoms with Gasteiger partial charge in [0.2, 0.25) is 0 Å². The van der Waals surface area contributed by atoms with Gasteiger partial charge >= 0.3 is 6.18 Å². The Bertz CT molecular complexity index is 408. The minimum atomic E-state index is -4.42. The Kier molecular flexibility index (Phi) is 2.38. The van der Waals surface area contributed by atoms with Gasteiger partial charge in [0.05, 0.1) is 11.2 Å². The molecule has 0 aliphatic heterocycles. The number of aromatic hydroxyl groups is 1. The summed E-state index contributed by atoms with van der Waals surface area (Å²) in [7, 11) is 0.